The van der Waals surface area contributed by atoms with Gasteiger partial charge in [0, 0.05) is 64.8 Å². The summed E-state index contributed by atoms with van der Waals surface area (Å²) in [6.45, 7) is 6.55. The van der Waals surface area contributed by atoms with Gasteiger partial charge in [-0.2, -0.15) is 0 Å². The Kier molecular flexibility index (Phi) is 15.5. The van der Waals surface area contributed by atoms with Gasteiger partial charge in [0.25, 0.3) is 5.91 Å². The van der Waals surface area contributed by atoms with E-state index in [0.717, 1.165) is 29.3 Å². The summed E-state index contributed by atoms with van der Waals surface area (Å²) in [6.07, 6.45) is 1.63. The Morgan fingerprint density at radius 1 is 0.794 bits per heavy atom. The van der Waals surface area contributed by atoms with Crippen LogP contribution in [0.2, 0.25) is 0 Å². The van der Waals surface area contributed by atoms with Crippen LogP contribution in [0.1, 0.15) is 53.1 Å². The SMILES string of the molecule is CC1OCCN(S(C)(=O)=O)c2cc3oc(-c4ccc(F)cc4)c(C(=O)NCCN)c3cc21.CC1OCCN(S(C)(=O)=O)c2cc3oc(-c4ccc(F)cc4)c(C4=NCCN4)c3cc21.O=P(Cl)(Cl)Cl. The van der Waals surface area contributed by atoms with E-state index in [4.69, 9.17) is 24.0 Å². The van der Waals surface area contributed by atoms with E-state index in [1.165, 1.54) is 51.3 Å². The minimum atomic E-state index is -3.57. The molecule has 0 spiro atoms. The van der Waals surface area contributed by atoms with Crippen molar-refractivity contribution in [2.75, 3.05) is 73.6 Å². The van der Waals surface area contributed by atoms with E-state index in [1.807, 2.05) is 19.9 Å². The number of nitrogens with zero attached hydrogens (tertiary/aromatic N) is 3. The first kappa shape index (κ1) is 51.1. The molecule has 0 bridgehead atoms. The molecule has 5 heterocycles. The molecule has 16 nitrogen and oxygen atoms in total. The van der Waals surface area contributed by atoms with Crippen molar-refractivity contribution in [2.45, 2.75) is 26.1 Å². The molecule has 3 aliphatic rings. The number of rotatable bonds is 8. The molecule has 0 radical (unpaired) electrons. The number of ether oxygens (including phenoxy) is 2. The molecule has 68 heavy (non-hydrogen) atoms. The molecule has 0 fully saturated rings. The second-order valence-corrected chi connectivity index (χ2v) is 26.2. The molecule has 4 aromatic carbocycles. The average Bonchev–Trinajstić information content (AvgIpc) is 3.96. The third-order valence-corrected chi connectivity index (χ3v) is 13.4. The number of benzene rings is 4. The fourth-order valence-corrected chi connectivity index (χ4v) is 9.87. The number of amides is 1. The van der Waals surface area contributed by atoms with Gasteiger partial charge in [0.15, 0.2) is 0 Å². The highest BCUT2D eigenvalue weighted by Crippen LogP contribution is 2.61. The van der Waals surface area contributed by atoms with Crippen LogP contribution in [0, 0.1) is 11.6 Å². The average molecular weight is 1060 g/mol. The maximum atomic E-state index is 13.5. The number of sulfonamides is 2. The molecule has 3 aliphatic heterocycles. The van der Waals surface area contributed by atoms with Crippen LogP contribution in [0.3, 0.4) is 0 Å². The monoisotopic (exact) mass is 1060 g/mol. The summed E-state index contributed by atoms with van der Waals surface area (Å²) >= 11 is 13.8. The zero-order valence-electron chi connectivity index (χ0n) is 36.9. The van der Waals surface area contributed by atoms with E-state index in [-0.39, 0.29) is 56.0 Å². The number of hydrogen-bond donors (Lipinski definition) is 3. The van der Waals surface area contributed by atoms with Crippen molar-refractivity contribution in [2.24, 2.45) is 10.7 Å². The number of anilines is 2. The first-order chi connectivity index (χ1) is 32.0. The number of fused-ring (bicyclic) bond motifs is 4. The van der Waals surface area contributed by atoms with Crippen LogP contribution in [0.15, 0.2) is 86.6 Å². The van der Waals surface area contributed by atoms with Gasteiger partial charge in [-0.15, -0.1) is 0 Å². The number of hydrogen-bond acceptors (Lipinski definition) is 13. The fraction of sp³-hybridized carbons (Fsp3) is 0.318. The molecular formula is C44H46Cl3F2N6O10PS2. The van der Waals surface area contributed by atoms with Gasteiger partial charge < -0.3 is 34.7 Å². The van der Waals surface area contributed by atoms with E-state index in [0.29, 0.717) is 69.4 Å². The first-order valence-corrected chi connectivity index (χ1v) is 29.0. The summed E-state index contributed by atoms with van der Waals surface area (Å²) in [7, 11) is -7.06. The lowest BCUT2D eigenvalue weighted by Gasteiger charge is -2.22. The Hall–Kier alpha value is -4.76. The van der Waals surface area contributed by atoms with Crippen LogP contribution >= 0.6 is 38.9 Å². The Balaban J connectivity index is 0.000000183. The normalized spacial score (nSPS) is 17.4. The van der Waals surface area contributed by atoms with E-state index < -0.39 is 43.1 Å². The summed E-state index contributed by atoms with van der Waals surface area (Å²) in [5, 5.41) is 4.12. The lowest BCUT2D eigenvalue weighted by atomic mass is 10.0. The standard InChI is InChI=1S/C22H24FN3O5S.C22H22FN3O4S.Cl3OP/c1-13-16-11-17-19(12-18(16)26(9-10-30-13)32(2,28)29)31-21(14-3-5-15(23)6-4-14)20(17)22(27)25-8-7-24;1-13-16-11-17-19(12-18(16)26(9-10-29-13)31(2,27)28)30-21(14-3-5-15(23)6-4-14)20(17)22-24-7-8-25-22;1-5(2,3)4/h3-6,11-13H,7-10,24H2,1-2H3,(H,25,27);3-6,11-13H,7-10H2,1-2H3,(H,24,25);. The van der Waals surface area contributed by atoms with Gasteiger partial charge in [-0.1, -0.05) is 0 Å². The molecule has 2 aromatic heterocycles. The lowest BCUT2D eigenvalue weighted by Crippen LogP contribution is -2.32. The van der Waals surface area contributed by atoms with Crippen molar-refractivity contribution in [3.05, 3.63) is 107 Å². The number of aliphatic imine (C=N–C) groups is 1. The summed E-state index contributed by atoms with van der Waals surface area (Å²) < 4.78 is 113. The second-order valence-electron chi connectivity index (χ2n) is 15.7. The highest BCUT2D eigenvalue weighted by Gasteiger charge is 2.32. The molecule has 0 aliphatic carbocycles. The van der Waals surface area contributed by atoms with Gasteiger partial charge in [0.1, 0.15) is 40.2 Å². The van der Waals surface area contributed by atoms with E-state index in [9.17, 15) is 35.0 Å². The molecule has 364 valence electrons. The summed E-state index contributed by atoms with van der Waals surface area (Å²) in [5.74, 6) is 0.382. The number of carbonyl (C=O) groups is 1. The van der Waals surface area contributed by atoms with Crippen molar-refractivity contribution >= 4 is 104 Å². The van der Waals surface area contributed by atoms with Crippen molar-refractivity contribution in [1.29, 1.82) is 0 Å². The topological polar surface area (TPSA) is 216 Å². The molecule has 24 heteroatoms. The Morgan fingerprint density at radius 3 is 1.71 bits per heavy atom. The highest BCUT2D eigenvalue weighted by atomic mass is 36.0. The minimum Gasteiger partial charge on any atom is -0.455 e. The van der Waals surface area contributed by atoms with Crippen LogP contribution in [-0.2, 0) is 34.1 Å². The Bertz CT molecular complexity index is 3160. The molecular weight excluding hydrogens is 1010 g/mol. The van der Waals surface area contributed by atoms with Gasteiger partial charge in [-0.05, 0) is 108 Å². The maximum absolute atomic E-state index is 13.5. The van der Waals surface area contributed by atoms with Gasteiger partial charge in [-0.3, -0.25) is 23.0 Å². The largest absolute Gasteiger partial charge is 0.455 e. The maximum Gasteiger partial charge on any atom is 0.339 e. The molecule has 6 aromatic rings. The Morgan fingerprint density at radius 2 is 1.25 bits per heavy atom. The van der Waals surface area contributed by atoms with Gasteiger partial charge >= 0.3 is 5.20 Å². The fourth-order valence-electron chi connectivity index (χ4n) is 8.02. The number of nitrogens with one attached hydrogen (secondary N) is 2. The zero-order valence-corrected chi connectivity index (χ0v) is 41.7. The van der Waals surface area contributed by atoms with E-state index in [2.05, 4.69) is 49.3 Å². The second kappa shape index (κ2) is 20.7. The van der Waals surface area contributed by atoms with Crippen molar-refractivity contribution in [3.63, 3.8) is 0 Å². The molecule has 2 atom stereocenters. The molecule has 0 saturated heterocycles. The molecule has 9 rings (SSSR count). The number of amidine groups is 1. The quantitative estimate of drug-likeness (QED) is 0.122. The summed E-state index contributed by atoms with van der Waals surface area (Å²) in [5.41, 5.74) is 11.1. The molecule has 2 unspecified atom stereocenters. The summed E-state index contributed by atoms with van der Waals surface area (Å²) in [6, 6.07) is 18.7. The van der Waals surface area contributed by atoms with Crippen LogP contribution in [0.4, 0.5) is 20.2 Å². The van der Waals surface area contributed by atoms with Crippen LogP contribution < -0.4 is 25.0 Å². The lowest BCUT2D eigenvalue weighted by molar-refractivity contribution is 0.0768. The smallest absolute Gasteiger partial charge is 0.339 e. The summed E-state index contributed by atoms with van der Waals surface area (Å²) in [4.78, 5) is 17.6. The predicted molar refractivity (Wildman–Crippen MR) is 262 cm³/mol. The molecule has 4 N–H and O–H groups in total. The number of carbonyl (C=O) groups excluding carboxylic acids is 1. The van der Waals surface area contributed by atoms with Gasteiger partial charge in [0.2, 0.25) is 20.0 Å². The highest BCUT2D eigenvalue weighted by molar-refractivity contribution is 8.24. The number of nitrogens with two attached hydrogens (primary N) is 1. The Labute approximate surface area is 405 Å². The van der Waals surface area contributed by atoms with Crippen molar-refractivity contribution in [3.8, 4) is 22.6 Å². The van der Waals surface area contributed by atoms with Gasteiger partial charge in [-0.25, -0.2) is 25.6 Å². The minimum absolute atomic E-state index is 0.164. The van der Waals surface area contributed by atoms with Crippen LogP contribution in [-0.4, -0.2) is 93.6 Å². The van der Waals surface area contributed by atoms with Gasteiger partial charge in [0.05, 0.1) is 80.1 Å². The van der Waals surface area contributed by atoms with Crippen molar-refractivity contribution < 1.29 is 53.3 Å². The van der Waals surface area contributed by atoms with E-state index in [1.54, 1.807) is 30.3 Å². The predicted octanol–water partition coefficient (Wildman–Crippen LogP) is 9.04. The third kappa shape index (κ3) is 11.6. The number of furan rings is 2. The van der Waals surface area contributed by atoms with Crippen molar-refractivity contribution in [1.82, 2.24) is 10.6 Å². The first-order valence-electron chi connectivity index (χ1n) is 20.9. The van der Waals surface area contributed by atoms with Crippen LogP contribution in [0.25, 0.3) is 44.6 Å². The molecule has 0 saturated carbocycles. The zero-order chi connectivity index (χ0) is 49.3. The van der Waals surface area contributed by atoms with Crippen LogP contribution in [0.5, 0.6) is 0 Å². The number of halogens is 5. The van der Waals surface area contributed by atoms with E-state index >= 15 is 0 Å². The third-order valence-electron chi connectivity index (χ3n) is 11.0. The molecule has 1 amide bonds.